The lowest BCUT2D eigenvalue weighted by Gasteiger charge is -2.28. The van der Waals surface area contributed by atoms with Gasteiger partial charge in [0.2, 0.25) is 0 Å². The van der Waals surface area contributed by atoms with Gasteiger partial charge in [0, 0.05) is 11.9 Å². The Morgan fingerprint density at radius 2 is 1.94 bits per heavy atom. The summed E-state index contributed by atoms with van der Waals surface area (Å²) < 4.78 is 0. The molecule has 0 atom stereocenters. The Kier molecular flexibility index (Phi) is 3.32. The van der Waals surface area contributed by atoms with Crippen LogP contribution < -0.4 is 4.90 Å². The fourth-order valence-electron chi connectivity index (χ4n) is 2.04. The van der Waals surface area contributed by atoms with Gasteiger partial charge in [0.1, 0.15) is 0 Å². The molecule has 0 fully saturated rings. The molecule has 1 aliphatic heterocycles. The van der Waals surface area contributed by atoms with Crippen LogP contribution in [0.25, 0.3) is 0 Å². The number of hydrogen-bond acceptors (Lipinski definition) is 2. The number of aryl methyl sites for hydroxylation is 1. The van der Waals surface area contributed by atoms with E-state index in [0.717, 1.165) is 16.6 Å². The van der Waals surface area contributed by atoms with Crippen molar-refractivity contribution in [1.29, 1.82) is 0 Å². The summed E-state index contributed by atoms with van der Waals surface area (Å²) in [5, 5.41) is 0.777. The van der Waals surface area contributed by atoms with Crippen LogP contribution >= 0.6 is 15.9 Å². The number of alkyl halides is 1. The number of ketones is 1. The molecule has 0 saturated heterocycles. The number of benzene rings is 1. The third kappa shape index (κ3) is 2.21. The lowest BCUT2D eigenvalue weighted by Crippen LogP contribution is -2.38. The van der Waals surface area contributed by atoms with Crippen LogP contribution in [0, 0.1) is 12.3 Å². The third-order valence-corrected chi connectivity index (χ3v) is 4.59. The Hall–Kier alpha value is -1.16. The summed E-state index contributed by atoms with van der Waals surface area (Å²) in [5.74, 6) is -0.802. The summed E-state index contributed by atoms with van der Waals surface area (Å²) in [4.78, 5) is 25.6. The molecular weight excluding hydrogens is 294 g/mol. The van der Waals surface area contributed by atoms with E-state index in [9.17, 15) is 9.59 Å². The van der Waals surface area contributed by atoms with Crippen molar-refractivity contribution in [3.05, 3.63) is 29.3 Å². The molecule has 0 unspecified atom stereocenters. The minimum absolute atomic E-state index is 0.0670. The van der Waals surface area contributed by atoms with Gasteiger partial charge in [0.05, 0.1) is 11.3 Å². The highest BCUT2D eigenvalue weighted by molar-refractivity contribution is 9.09. The smallest absolute Gasteiger partial charge is 0.299 e. The van der Waals surface area contributed by atoms with Crippen LogP contribution in [0.5, 0.6) is 0 Å². The van der Waals surface area contributed by atoms with Crippen LogP contribution in [0.1, 0.15) is 29.8 Å². The monoisotopic (exact) mass is 309 g/mol. The van der Waals surface area contributed by atoms with Gasteiger partial charge in [0.25, 0.3) is 11.7 Å². The molecule has 0 aromatic heterocycles. The van der Waals surface area contributed by atoms with Crippen molar-refractivity contribution in [2.45, 2.75) is 20.8 Å². The number of halogens is 1. The zero-order valence-corrected chi connectivity index (χ0v) is 12.4. The first-order valence-corrected chi connectivity index (χ1v) is 7.01. The molecule has 3 nitrogen and oxygen atoms in total. The summed E-state index contributed by atoms with van der Waals surface area (Å²) in [6.07, 6.45) is 0. The van der Waals surface area contributed by atoms with Crippen LogP contribution in [0.3, 0.4) is 0 Å². The quantitative estimate of drug-likeness (QED) is 0.636. The van der Waals surface area contributed by atoms with E-state index in [1.807, 2.05) is 19.1 Å². The molecule has 18 heavy (non-hydrogen) atoms. The first-order chi connectivity index (χ1) is 8.35. The van der Waals surface area contributed by atoms with Crippen molar-refractivity contribution in [3.8, 4) is 0 Å². The summed E-state index contributed by atoms with van der Waals surface area (Å²) in [7, 11) is 0. The molecule has 0 bridgehead atoms. The lowest BCUT2D eigenvalue weighted by atomic mass is 9.96. The molecule has 1 aliphatic rings. The van der Waals surface area contributed by atoms with Gasteiger partial charge in [-0.1, -0.05) is 41.4 Å². The molecule has 1 aromatic carbocycles. The Bertz CT molecular complexity index is 523. The average Bonchev–Trinajstić information content (AvgIpc) is 2.54. The van der Waals surface area contributed by atoms with E-state index in [2.05, 4.69) is 29.8 Å². The maximum atomic E-state index is 12.0. The van der Waals surface area contributed by atoms with E-state index in [0.29, 0.717) is 12.1 Å². The number of anilines is 1. The molecule has 4 heteroatoms. The standard InChI is InChI=1S/C14H16BrNO2/c1-9-4-5-11-10(6-9)12(17)13(18)16(11)8-14(2,3)7-15/h4-6H,7-8H2,1-3H3. The van der Waals surface area contributed by atoms with E-state index in [1.54, 1.807) is 11.0 Å². The van der Waals surface area contributed by atoms with Crippen molar-refractivity contribution in [2.75, 3.05) is 16.8 Å². The van der Waals surface area contributed by atoms with Crippen LogP contribution in [-0.4, -0.2) is 23.6 Å². The van der Waals surface area contributed by atoms with Gasteiger partial charge in [-0.3, -0.25) is 9.59 Å². The van der Waals surface area contributed by atoms with Gasteiger partial charge >= 0.3 is 0 Å². The van der Waals surface area contributed by atoms with Gasteiger partial charge in [-0.2, -0.15) is 0 Å². The summed E-state index contributed by atoms with van der Waals surface area (Å²) in [6.45, 7) is 6.58. The van der Waals surface area contributed by atoms with E-state index in [1.165, 1.54) is 0 Å². The number of fused-ring (bicyclic) bond motifs is 1. The van der Waals surface area contributed by atoms with Gasteiger partial charge in [-0.15, -0.1) is 0 Å². The predicted octanol–water partition coefficient (Wildman–Crippen LogP) is 2.95. The zero-order valence-electron chi connectivity index (χ0n) is 10.8. The second-order valence-corrected chi connectivity index (χ2v) is 6.10. The highest BCUT2D eigenvalue weighted by Crippen LogP contribution is 2.33. The number of carbonyl (C=O) groups is 2. The average molecular weight is 310 g/mol. The molecule has 0 N–H and O–H groups in total. The van der Waals surface area contributed by atoms with Crippen LogP contribution in [0.2, 0.25) is 0 Å². The van der Waals surface area contributed by atoms with E-state index in [4.69, 9.17) is 0 Å². The first-order valence-electron chi connectivity index (χ1n) is 5.88. The molecule has 96 valence electrons. The molecule has 0 saturated carbocycles. The highest BCUT2D eigenvalue weighted by Gasteiger charge is 2.38. The molecule has 0 aliphatic carbocycles. The summed E-state index contributed by atoms with van der Waals surface area (Å²) in [6, 6.07) is 5.58. The van der Waals surface area contributed by atoms with Gasteiger partial charge in [-0.05, 0) is 24.5 Å². The number of rotatable bonds is 3. The molecule has 1 amide bonds. The Balaban J connectivity index is 2.41. The largest absolute Gasteiger partial charge is 0.304 e. The number of Topliss-reactive ketones (excluding diaryl/α,β-unsaturated/α-hetero) is 1. The molecule has 2 rings (SSSR count). The van der Waals surface area contributed by atoms with E-state index >= 15 is 0 Å². The van der Waals surface area contributed by atoms with Crippen LogP contribution in [0.4, 0.5) is 5.69 Å². The van der Waals surface area contributed by atoms with Gasteiger partial charge in [-0.25, -0.2) is 0 Å². The Morgan fingerprint density at radius 3 is 2.56 bits per heavy atom. The first kappa shape index (κ1) is 13.3. The lowest BCUT2D eigenvalue weighted by molar-refractivity contribution is -0.114. The minimum atomic E-state index is -0.412. The highest BCUT2D eigenvalue weighted by atomic mass is 79.9. The summed E-state index contributed by atoms with van der Waals surface area (Å²) in [5.41, 5.74) is 2.20. The van der Waals surface area contributed by atoms with E-state index in [-0.39, 0.29) is 11.2 Å². The van der Waals surface area contributed by atoms with Gasteiger partial charge in [0.15, 0.2) is 0 Å². The minimum Gasteiger partial charge on any atom is -0.304 e. The summed E-state index contributed by atoms with van der Waals surface area (Å²) >= 11 is 3.44. The second kappa shape index (κ2) is 4.50. The van der Waals surface area contributed by atoms with Crippen molar-refractivity contribution < 1.29 is 9.59 Å². The molecule has 0 spiro atoms. The molecule has 1 aromatic rings. The maximum absolute atomic E-state index is 12.0. The normalized spacial score (nSPS) is 15.2. The van der Waals surface area contributed by atoms with Crippen LogP contribution in [0.15, 0.2) is 18.2 Å². The number of carbonyl (C=O) groups excluding carboxylic acids is 2. The van der Waals surface area contributed by atoms with Crippen LogP contribution in [-0.2, 0) is 4.79 Å². The van der Waals surface area contributed by atoms with E-state index < -0.39 is 5.91 Å². The Labute approximate surface area is 115 Å². The number of hydrogen-bond donors (Lipinski definition) is 0. The number of amides is 1. The third-order valence-electron chi connectivity index (χ3n) is 3.07. The molecule has 0 radical (unpaired) electrons. The maximum Gasteiger partial charge on any atom is 0.299 e. The molecule has 1 heterocycles. The van der Waals surface area contributed by atoms with Crippen molar-refractivity contribution in [1.82, 2.24) is 0 Å². The topological polar surface area (TPSA) is 37.4 Å². The predicted molar refractivity (Wildman–Crippen MR) is 75.4 cm³/mol. The fourth-order valence-corrected chi connectivity index (χ4v) is 2.22. The van der Waals surface area contributed by atoms with Crippen molar-refractivity contribution >= 4 is 33.3 Å². The number of nitrogens with zero attached hydrogens (tertiary/aromatic N) is 1. The van der Waals surface area contributed by atoms with Crippen molar-refractivity contribution in [2.24, 2.45) is 5.41 Å². The SMILES string of the molecule is Cc1ccc2c(c1)C(=O)C(=O)N2CC(C)(C)CBr. The Morgan fingerprint density at radius 1 is 1.28 bits per heavy atom. The second-order valence-electron chi connectivity index (χ2n) is 5.54. The van der Waals surface area contributed by atoms with Crippen molar-refractivity contribution in [3.63, 3.8) is 0 Å². The van der Waals surface area contributed by atoms with Gasteiger partial charge < -0.3 is 4.90 Å². The zero-order chi connectivity index (χ0) is 13.5. The molecular formula is C14H16BrNO2. The fraction of sp³-hybridized carbons (Fsp3) is 0.429.